The average molecular weight is 272 g/mol. The Hall–Kier alpha value is -2.89. The first-order valence-corrected chi connectivity index (χ1v) is 5.87. The first-order chi connectivity index (χ1) is 9.56. The van der Waals surface area contributed by atoms with Crippen LogP contribution in [0.25, 0.3) is 0 Å². The number of non-ortho nitro benzene ring substituents is 1. The van der Waals surface area contributed by atoms with Gasteiger partial charge in [0.15, 0.2) is 0 Å². The Morgan fingerprint density at radius 1 is 1.20 bits per heavy atom. The van der Waals surface area contributed by atoms with Gasteiger partial charge in [0.25, 0.3) is 11.6 Å². The monoisotopic (exact) mass is 272 g/mol. The zero-order chi connectivity index (χ0) is 14.5. The van der Waals surface area contributed by atoms with Crippen LogP contribution in [0.1, 0.15) is 15.9 Å². The Balaban J connectivity index is 2.11. The lowest BCUT2D eigenvalue weighted by molar-refractivity contribution is -0.385. The molecular weight excluding hydrogens is 260 g/mol. The summed E-state index contributed by atoms with van der Waals surface area (Å²) in [5.74, 6) is -0.795. The maximum Gasteiger partial charge on any atom is 0.273 e. The van der Waals surface area contributed by atoms with Crippen LogP contribution in [-0.2, 0) is 6.54 Å². The van der Waals surface area contributed by atoms with Gasteiger partial charge < -0.3 is 10.4 Å². The summed E-state index contributed by atoms with van der Waals surface area (Å²) in [7, 11) is 0. The van der Waals surface area contributed by atoms with Gasteiger partial charge in [0.1, 0.15) is 5.75 Å². The van der Waals surface area contributed by atoms with Gasteiger partial charge in [-0.3, -0.25) is 14.9 Å². The van der Waals surface area contributed by atoms with Crippen LogP contribution >= 0.6 is 0 Å². The van der Waals surface area contributed by atoms with Crippen molar-refractivity contribution < 1.29 is 14.8 Å². The standard InChI is InChI=1S/C14H12N2O4/c17-13-7-11(6-12(8-13)16(19)20)14(18)15-9-10-4-2-1-3-5-10/h1-8,17H,9H2,(H,15,18). The Labute approximate surface area is 114 Å². The number of amides is 1. The summed E-state index contributed by atoms with van der Waals surface area (Å²) in [5, 5.41) is 22.7. The SMILES string of the molecule is O=C(NCc1ccccc1)c1cc(O)cc([N+](=O)[O-])c1. The molecule has 0 radical (unpaired) electrons. The lowest BCUT2D eigenvalue weighted by Crippen LogP contribution is -2.22. The predicted octanol–water partition coefficient (Wildman–Crippen LogP) is 2.23. The van der Waals surface area contributed by atoms with E-state index in [0.29, 0.717) is 6.54 Å². The number of aromatic hydroxyl groups is 1. The van der Waals surface area contributed by atoms with E-state index in [1.165, 1.54) is 6.07 Å². The van der Waals surface area contributed by atoms with Crippen molar-refractivity contribution in [3.05, 3.63) is 69.8 Å². The third-order valence-electron chi connectivity index (χ3n) is 2.67. The molecule has 0 unspecified atom stereocenters. The second-order valence-corrected chi connectivity index (χ2v) is 4.16. The fourth-order valence-electron chi connectivity index (χ4n) is 1.71. The maximum absolute atomic E-state index is 11.9. The van der Waals surface area contributed by atoms with Gasteiger partial charge >= 0.3 is 0 Å². The number of hydrogen-bond acceptors (Lipinski definition) is 4. The average Bonchev–Trinajstić information content (AvgIpc) is 2.45. The predicted molar refractivity (Wildman–Crippen MR) is 72.4 cm³/mol. The normalized spacial score (nSPS) is 10.0. The number of carbonyl (C=O) groups is 1. The molecule has 2 aromatic carbocycles. The molecule has 0 fully saturated rings. The second kappa shape index (κ2) is 5.83. The Bertz CT molecular complexity index is 641. The van der Waals surface area contributed by atoms with Gasteiger partial charge in [-0.1, -0.05) is 30.3 Å². The van der Waals surface area contributed by atoms with Crippen LogP contribution in [0.15, 0.2) is 48.5 Å². The third-order valence-corrected chi connectivity index (χ3v) is 2.67. The zero-order valence-corrected chi connectivity index (χ0v) is 10.4. The van der Waals surface area contributed by atoms with Crippen LogP contribution in [0.5, 0.6) is 5.75 Å². The van der Waals surface area contributed by atoms with E-state index >= 15 is 0 Å². The van der Waals surface area contributed by atoms with Crippen LogP contribution in [0.4, 0.5) is 5.69 Å². The molecular formula is C14H12N2O4. The lowest BCUT2D eigenvalue weighted by atomic mass is 10.1. The van der Waals surface area contributed by atoms with Crippen LogP contribution in [0.3, 0.4) is 0 Å². The molecule has 0 atom stereocenters. The van der Waals surface area contributed by atoms with Crippen molar-refractivity contribution in [3.8, 4) is 5.75 Å². The Kier molecular flexibility index (Phi) is 3.95. The molecule has 0 aliphatic carbocycles. The summed E-state index contributed by atoms with van der Waals surface area (Å²) >= 11 is 0. The molecule has 0 bridgehead atoms. The molecule has 0 heterocycles. The highest BCUT2D eigenvalue weighted by molar-refractivity contribution is 5.95. The van der Waals surface area contributed by atoms with E-state index in [1.807, 2.05) is 30.3 Å². The van der Waals surface area contributed by atoms with Gasteiger partial charge in [-0.05, 0) is 11.6 Å². The topological polar surface area (TPSA) is 92.5 Å². The van der Waals surface area contributed by atoms with Crippen molar-refractivity contribution in [2.75, 3.05) is 0 Å². The van der Waals surface area contributed by atoms with E-state index in [0.717, 1.165) is 17.7 Å². The van der Waals surface area contributed by atoms with Gasteiger partial charge in [-0.15, -0.1) is 0 Å². The van der Waals surface area contributed by atoms with Gasteiger partial charge in [0, 0.05) is 18.2 Å². The highest BCUT2D eigenvalue weighted by atomic mass is 16.6. The summed E-state index contributed by atoms with van der Waals surface area (Å²) < 4.78 is 0. The van der Waals surface area contributed by atoms with Crippen LogP contribution in [0, 0.1) is 10.1 Å². The fraction of sp³-hybridized carbons (Fsp3) is 0.0714. The van der Waals surface area contributed by atoms with Crippen molar-refractivity contribution in [2.45, 2.75) is 6.54 Å². The number of phenolic OH excluding ortho intramolecular Hbond substituents is 1. The Morgan fingerprint density at radius 2 is 1.90 bits per heavy atom. The molecule has 20 heavy (non-hydrogen) atoms. The molecule has 0 spiro atoms. The Morgan fingerprint density at radius 3 is 2.55 bits per heavy atom. The molecule has 6 heteroatoms. The summed E-state index contributed by atoms with van der Waals surface area (Å²) in [6.07, 6.45) is 0. The summed E-state index contributed by atoms with van der Waals surface area (Å²) in [4.78, 5) is 21.9. The van der Waals surface area contributed by atoms with Crippen LogP contribution < -0.4 is 5.32 Å². The van der Waals surface area contributed by atoms with Crippen molar-refractivity contribution in [1.82, 2.24) is 5.32 Å². The molecule has 102 valence electrons. The lowest BCUT2D eigenvalue weighted by Gasteiger charge is -2.06. The molecule has 2 N–H and O–H groups in total. The number of nitrogens with one attached hydrogen (secondary N) is 1. The highest BCUT2D eigenvalue weighted by Crippen LogP contribution is 2.21. The molecule has 0 aliphatic rings. The van der Waals surface area contributed by atoms with Gasteiger partial charge in [0.05, 0.1) is 11.0 Å². The minimum Gasteiger partial charge on any atom is -0.508 e. The number of carbonyl (C=O) groups excluding carboxylic acids is 1. The molecule has 1 amide bonds. The molecule has 0 saturated heterocycles. The molecule has 2 rings (SSSR count). The number of hydrogen-bond donors (Lipinski definition) is 2. The fourth-order valence-corrected chi connectivity index (χ4v) is 1.71. The maximum atomic E-state index is 11.9. The van der Waals surface area contributed by atoms with E-state index in [9.17, 15) is 20.0 Å². The number of nitro benzene ring substituents is 1. The number of nitrogens with zero attached hydrogens (tertiary/aromatic N) is 1. The van der Waals surface area contributed by atoms with Gasteiger partial charge in [0.2, 0.25) is 0 Å². The van der Waals surface area contributed by atoms with Crippen molar-refractivity contribution in [3.63, 3.8) is 0 Å². The van der Waals surface area contributed by atoms with E-state index < -0.39 is 10.8 Å². The molecule has 0 aromatic heterocycles. The van der Waals surface area contributed by atoms with Gasteiger partial charge in [-0.25, -0.2) is 0 Å². The van der Waals surface area contributed by atoms with E-state index in [1.54, 1.807) is 0 Å². The zero-order valence-electron chi connectivity index (χ0n) is 10.4. The molecule has 0 aliphatic heterocycles. The summed E-state index contributed by atoms with van der Waals surface area (Å²) in [6, 6.07) is 12.6. The molecule has 0 saturated carbocycles. The minimum atomic E-state index is -0.659. The number of benzene rings is 2. The number of nitro groups is 1. The third kappa shape index (κ3) is 3.32. The van der Waals surface area contributed by atoms with Crippen LogP contribution in [0.2, 0.25) is 0 Å². The van der Waals surface area contributed by atoms with Crippen molar-refractivity contribution >= 4 is 11.6 Å². The molecule has 2 aromatic rings. The first-order valence-electron chi connectivity index (χ1n) is 5.87. The van der Waals surface area contributed by atoms with Crippen molar-refractivity contribution in [2.24, 2.45) is 0 Å². The second-order valence-electron chi connectivity index (χ2n) is 4.16. The smallest absolute Gasteiger partial charge is 0.273 e. The van der Waals surface area contributed by atoms with E-state index in [2.05, 4.69) is 5.32 Å². The summed E-state index contributed by atoms with van der Waals surface area (Å²) in [6.45, 7) is 0.309. The molecule has 6 nitrogen and oxygen atoms in total. The van der Waals surface area contributed by atoms with Crippen LogP contribution in [-0.4, -0.2) is 15.9 Å². The highest BCUT2D eigenvalue weighted by Gasteiger charge is 2.14. The number of phenols is 1. The quantitative estimate of drug-likeness (QED) is 0.659. The van der Waals surface area contributed by atoms with E-state index in [4.69, 9.17) is 0 Å². The largest absolute Gasteiger partial charge is 0.508 e. The summed E-state index contributed by atoms with van der Waals surface area (Å²) in [5.41, 5.74) is 0.637. The van der Waals surface area contributed by atoms with Crippen molar-refractivity contribution in [1.29, 1.82) is 0 Å². The first kappa shape index (κ1) is 13.5. The minimum absolute atomic E-state index is 0.0487. The van der Waals surface area contributed by atoms with Gasteiger partial charge in [-0.2, -0.15) is 0 Å². The number of rotatable bonds is 4. The van der Waals surface area contributed by atoms with E-state index in [-0.39, 0.29) is 17.0 Å².